The normalized spacial score (nSPS) is 16.8. The number of carbonyl (C=O) groups is 1. The topological polar surface area (TPSA) is 106 Å². The summed E-state index contributed by atoms with van der Waals surface area (Å²) in [7, 11) is -0.516. The summed E-state index contributed by atoms with van der Waals surface area (Å²) in [4.78, 5) is 16.6. The average molecular weight is 403 g/mol. The second-order valence-corrected chi connectivity index (χ2v) is 7.81. The molecule has 1 amide bonds. The van der Waals surface area contributed by atoms with Crippen LogP contribution in [0, 0.1) is 0 Å². The third-order valence-corrected chi connectivity index (χ3v) is 5.72. The van der Waals surface area contributed by atoms with E-state index in [0.717, 1.165) is 5.56 Å². The number of benzene rings is 2. The molecular formula is C19H21N3O5S. The molecule has 1 heterocycles. The van der Waals surface area contributed by atoms with Crippen LogP contribution in [0.2, 0.25) is 0 Å². The summed E-state index contributed by atoms with van der Waals surface area (Å²) in [5, 5.41) is 2.83. The molecule has 8 nitrogen and oxygen atoms in total. The zero-order chi connectivity index (χ0) is 20.3. The summed E-state index contributed by atoms with van der Waals surface area (Å²) in [6, 6.07) is 11.5. The highest BCUT2D eigenvalue weighted by molar-refractivity contribution is 7.90. The van der Waals surface area contributed by atoms with E-state index in [4.69, 9.17) is 9.47 Å². The molecule has 2 aromatic carbocycles. The number of sulfonamides is 1. The number of rotatable bonds is 6. The van der Waals surface area contributed by atoms with Crippen molar-refractivity contribution < 1.29 is 22.7 Å². The van der Waals surface area contributed by atoms with Gasteiger partial charge in [0.15, 0.2) is 0 Å². The van der Waals surface area contributed by atoms with Crippen LogP contribution in [-0.4, -0.2) is 40.9 Å². The number of carbonyl (C=O) groups excluding carboxylic acids is 1. The summed E-state index contributed by atoms with van der Waals surface area (Å²) in [6.07, 6.45) is 0. The van der Waals surface area contributed by atoms with Crippen molar-refractivity contribution in [1.29, 1.82) is 0 Å². The molecule has 0 bridgehead atoms. The van der Waals surface area contributed by atoms with E-state index < -0.39 is 10.0 Å². The van der Waals surface area contributed by atoms with Gasteiger partial charge in [-0.2, -0.15) is 0 Å². The molecule has 1 aliphatic rings. The summed E-state index contributed by atoms with van der Waals surface area (Å²) >= 11 is 0. The largest absolute Gasteiger partial charge is 0.497 e. The van der Waals surface area contributed by atoms with Crippen LogP contribution in [0.4, 0.5) is 0 Å². The molecule has 2 aromatic rings. The fourth-order valence-corrected chi connectivity index (χ4v) is 4.20. The first-order chi connectivity index (χ1) is 13.4. The van der Waals surface area contributed by atoms with Crippen molar-refractivity contribution in [1.82, 2.24) is 10.0 Å². The van der Waals surface area contributed by atoms with E-state index in [1.54, 1.807) is 50.6 Å². The van der Waals surface area contributed by atoms with Gasteiger partial charge in [0.1, 0.15) is 23.9 Å². The molecule has 0 radical (unpaired) electrons. The lowest BCUT2D eigenvalue weighted by Crippen LogP contribution is -2.30. The zero-order valence-electron chi connectivity index (χ0n) is 15.7. The smallest absolute Gasteiger partial charge is 0.263 e. The van der Waals surface area contributed by atoms with Gasteiger partial charge in [-0.15, -0.1) is 0 Å². The number of amides is 1. The maximum absolute atomic E-state index is 12.3. The number of nitrogens with zero attached hydrogens (tertiary/aromatic N) is 1. The van der Waals surface area contributed by atoms with Gasteiger partial charge in [0, 0.05) is 11.1 Å². The molecule has 0 aromatic heterocycles. The number of hydrogen-bond acceptors (Lipinski definition) is 6. The lowest BCUT2D eigenvalue weighted by atomic mass is 10.1. The molecule has 0 saturated heterocycles. The molecule has 2 N–H and O–H groups in total. The van der Waals surface area contributed by atoms with Crippen molar-refractivity contribution in [3.05, 3.63) is 53.6 Å². The predicted octanol–water partition coefficient (Wildman–Crippen LogP) is 1.62. The summed E-state index contributed by atoms with van der Waals surface area (Å²) in [6.45, 7) is 1.60. The van der Waals surface area contributed by atoms with E-state index in [0.29, 0.717) is 17.1 Å². The highest BCUT2D eigenvalue weighted by Crippen LogP contribution is 2.29. The standard InChI is InChI=1S/C19H21N3O5S/c1-12(15-10-13(26-2)8-9-16(15)27-3)21-18(23)11-20-19-14-6-4-5-7-17(14)28(24,25)22-19/h4-10,12H,11H2,1-3H3,(H,20,22)(H,21,23). The van der Waals surface area contributed by atoms with Crippen molar-refractivity contribution >= 4 is 21.8 Å². The van der Waals surface area contributed by atoms with E-state index >= 15 is 0 Å². The lowest BCUT2D eigenvalue weighted by molar-refractivity contribution is -0.120. The van der Waals surface area contributed by atoms with E-state index in [2.05, 4.69) is 15.0 Å². The van der Waals surface area contributed by atoms with Gasteiger partial charge in [-0.05, 0) is 37.3 Å². The molecular weight excluding hydrogens is 382 g/mol. The Morgan fingerprint density at radius 1 is 1.18 bits per heavy atom. The number of fused-ring (bicyclic) bond motifs is 1. The molecule has 0 aliphatic carbocycles. The molecule has 28 heavy (non-hydrogen) atoms. The molecule has 1 unspecified atom stereocenters. The van der Waals surface area contributed by atoms with E-state index in [1.807, 2.05) is 6.92 Å². The number of ether oxygens (including phenoxy) is 2. The Morgan fingerprint density at radius 3 is 2.64 bits per heavy atom. The number of nitrogens with one attached hydrogen (secondary N) is 2. The van der Waals surface area contributed by atoms with Crippen LogP contribution in [0.5, 0.6) is 11.5 Å². The highest BCUT2D eigenvalue weighted by Gasteiger charge is 2.30. The minimum absolute atomic E-state index is 0.156. The third-order valence-electron chi connectivity index (χ3n) is 4.32. The van der Waals surface area contributed by atoms with Crippen molar-refractivity contribution in [2.45, 2.75) is 17.9 Å². The average Bonchev–Trinajstić information content (AvgIpc) is 2.96. The van der Waals surface area contributed by atoms with Gasteiger partial charge >= 0.3 is 0 Å². The molecule has 9 heteroatoms. The maximum atomic E-state index is 12.3. The van der Waals surface area contributed by atoms with Gasteiger partial charge in [0.05, 0.1) is 25.2 Å². The summed E-state index contributed by atoms with van der Waals surface area (Å²) in [5.41, 5.74) is 1.22. The SMILES string of the molecule is COc1ccc(OC)c(C(C)NC(=O)CN=C2NS(=O)(=O)c3ccccc32)c1. The van der Waals surface area contributed by atoms with Gasteiger partial charge < -0.3 is 14.8 Å². The van der Waals surface area contributed by atoms with Crippen LogP contribution in [0.15, 0.2) is 52.4 Å². The third kappa shape index (κ3) is 3.94. The van der Waals surface area contributed by atoms with Gasteiger partial charge in [-0.3, -0.25) is 14.5 Å². The molecule has 148 valence electrons. The molecule has 3 rings (SSSR count). The molecule has 0 saturated carbocycles. The van der Waals surface area contributed by atoms with Gasteiger partial charge in [0.2, 0.25) is 5.91 Å². The first-order valence-electron chi connectivity index (χ1n) is 8.53. The molecule has 1 atom stereocenters. The number of aliphatic imine (C=N–C) groups is 1. The number of methoxy groups -OCH3 is 2. The van der Waals surface area contributed by atoms with Gasteiger partial charge in [-0.25, -0.2) is 8.42 Å². The van der Waals surface area contributed by atoms with Gasteiger partial charge in [0.25, 0.3) is 10.0 Å². The summed E-state index contributed by atoms with van der Waals surface area (Å²) in [5.74, 6) is 1.08. The van der Waals surface area contributed by atoms with E-state index in [9.17, 15) is 13.2 Å². The Labute approximate surface area is 163 Å². The molecule has 0 fully saturated rings. The minimum atomic E-state index is -3.63. The fourth-order valence-electron chi connectivity index (χ4n) is 2.94. The quantitative estimate of drug-likeness (QED) is 0.762. The van der Waals surface area contributed by atoms with Crippen LogP contribution in [-0.2, 0) is 14.8 Å². The second-order valence-electron chi connectivity index (χ2n) is 6.16. The van der Waals surface area contributed by atoms with E-state index in [-0.39, 0.29) is 29.2 Å². The van der Waals surface area contributed by atoms with Crippen LogP contribution in [0.25, 0.3) is 0 Å². The Morgan fingerprint density at radius 2 is 1.93 bits per heavy atom. The minimum Gasteiger partial charge on any atom is -0.497 e. The van der Waals surface area contributed by atoms with Crippen molar-refractivity contribution in [3.8, 4) is 11.5 Å². The Hall–Kier alpha value is -3.07. The first kappa shape index (κ1) is 19.7. The predicted molar refractivity (Wildman–Crippen MR) is 104 cm³/mol. The van der Waals surface area contributed by atoms with Gasteiger partial charge in [-0.1, -0.05) is 12.1 Å². The van der Waals surface area contributed by atoms with Crippen LogP contribution in [0.1, 0.15) is 24.1 Å². The lowest BCUT2D eigenvalue weighted by Gasteiger charge is -2.18. The van der Waals surface area contributed by atoms with Crippen molar-refractivity contribution in [2.24, 2.45) is 4.99 Å². The van der Waals surface area contributed by atoms with Crippen molar-refractivity contribution in [3.63, 3.8) is 0 Å². The second kappa shape index (κ2) is 7.89. The number of hydrogen-bond donors (Lipinski definition) is 2. The van der Waals surface area contributed by atoms with Crippen LogP contribution >= 0.6 is 0 Å². The molecule has 0 spiro atoms. The maximum Gasteiger partial charge on any atom is 0.263 e. The van der Waals surface area contributed by atoms with Crippen LogP contribution < -0.4 is 19.5 Å². The number of amidine groups is 1. The zero-order valence-corrected chi connectivity index (χ0v) is 16.5. The van der Waals surface area contributed by atoms with E-state index in [1.165, 1.54) is 6.07 Å². The Kier molecular flexibility index (Phi) is 5.55. The monoisotopic (exact) mass is 403 g/mol. The van der Waals surface area contributed by atoms with Crippen LogP contribution in [0.3, 0.4) is 0 Å². The fraction of sp³-hybridized carbons (Fsp3) is 0.263. The first-order valence-corrected chi connectivity index (χ1v) is 10.0. The Balaban J connectivity index is 1.73. The van der Waals surface area contributed by atoms with Crippen molar-refractivity contribution in [2.75, 3.05) is 20.8 Å². The highest BCUT2D eigenvalue weighted by atomic mass is 32.2. The Bertz CT molecular complexity index is 1030. The summed E-state index contributed by atoms with van der Waals surface area (Å²) < 4.78 is 37.1. The molecule has 1 aliphatic heterocycles.